The molecule has 0 radical (unpaired) electrons. The molecule has 1 heterocycles. The van der Waals surface area contributed by atoms with Crippen LogP contribution in [0.4, 0.5) is 0 Å². The average Bonchev–Trinajstić information content (AvgIpc) is 3.13. The van der Waals surface area contributed by atoms with E-state index in [1.165, 1.54) is 11.8 Å². The number of carbonyl (C=O) groups excluding carboxylic acids is 1. The fraction of sp³-hybridized carbons (Fsp3) is 0.190. The Morgan fingerprint density at radius 2 is 1.86 bits per heavy atom. The lowest BCUT2D eigenvalue weighted by Crippen LogP contribution is -2.32. The zero-order chi connectivity index (χ0) is 19.9. The van der Waals surface area contributed by atoms with Gasteiger partial charge in [-0.2, -0.15) is 0 Å². The molecule has 1 amide bonds. The summed E-state index contributed by atoms with van der Waals surface area (Å²) in [7, 11) is 1.90. The lowest BCUT2D eigenvalue weighted by atomic mass is 10.1. The smallest absolute Gasteiger partial charge is 0.335 e. The Morgan fingerprint density at radius 3 is 2.46 bits per heavy atom. The topological polar surface area (TPSA) is 84.2 Å². The van der Waals surface area contributed by atoms with Crippen molar-refractivity contribution in [2.24, 2.45) is 7.05 Å². The number of carbonyl (C=O) groups is 2. The number of hydrogen-bond donors (Lipinski definition) is 2. The predicted molar refractivity (Wildman–Crippen MR) is 109 cm³/mol. The number of nitrogens with one attached hydrogen (secondary N) is 1. The van der Waals surface area contributed by atoms with Crippen LogP contribution in [-0.4, -0.2) is 32.3 Å². The first-order valence-corrected chi connectivity index (χ1v) is 9.91. The Bertz CT molecular complexity index is 939. The number of hydrogen-bond acceptors (Lipinski definition) is 4. The summed E-state index contributed by atoms with van der Waals surface area (Å²) in [6, 6.07) is 16.1. The van der Waals surface area contributed by atoms with Crippen LogP contribution in [0.3, 0.4) is 0 Å². The normalized spacial score (nSPS) is 11.8. The van der Waals surface area contributed by atoms with Crippen molar-refractivity contribution in [1.29, 1.82) is 0 Å². The third-order valence-electron chi connectivity index (χ3n) is 4.26. The third-order valence-corrected chi connectivity index (χ3v) is 5.26. The molecule has 0 fully saturated rings. The maximum atomic E-state index is 12.5. The number of aromatic carboxylic acids is 1. The molecule has 0 aliphatic carbocycles. The maximum Gasteiger partial charge on any atom is 0.335 e. The zero-order valence-electron chi connectivity index (χ0n) is 15.4. The number of nitrogens with zero attached hydrogens (tertiary/aromatic N) is 2. The van der Waals surface area contributed by atoms with E-state index in [0.717, 1.165) is 17.0 Å². The molecule has 2 aromatic carbocycles. The van der Waals surface area contributed by atoms with Gasteiger partial charge in [-0.05, 0) is 23.3 Å². The van der Waals surface area contributed by atoms with Gasteiger partial charge in [0.15, 0.2) is 0 Å². The number of thioether (sulfide) groups is 1. The molecule has 0 saturated carbocycles. The second-order valence-electron chi connectivity index (χ2n) is 6.30. The van der Waals surface area contributed by atoms with E-state index in [1.54, 1.807) is 30.5 Å². The van der Waals surface area contributed by atoms with Gasteiger partial charge in [0.05, 0.1) is 11.3 Å². The monoisotopic (exact) mass is 395 g/mol. The Morgan fingerprint density at radius 1 is 1.14 bits per heavy atom. The summed E-state index contributed by atoms with van der Waals surface area (Å²) in [5.41, 5.74) is 2.21. The molecule has 1 atom stereocenters. The number of imidazole rings is 1. The minimum absolute atomic E-state index is 0.0796. The summed E-state index contributed by atoms with van der Waals surface area (Å²) in [4.78, 5) is 27.8. The number of carboxylic acids is 1. The van der Waals surface area contributed by atoms with Gasteiger partial charge in [0, 0.05) is 25.2 Å². The SMILES string of the molecule is Cn1ccnc1C(NC(=O)CSCc1ccc(C(=O)O)cc1)c1ccccc1. The minimum atomic E-state index is -0.945. The molecule has 144 valence electrons. The largest absolute Gasteiger partial charge is 0.478 e. The number of aromatic nitrogens is 2. The standard InChI is InChI=1S/C21H21N3O3S/c1-24-12-11-22-20(24)19(16-5-3-2-4-6-16)23-18(25)14-28-13-15-7-9-17(10-8-15)21(26)27/h2-12,19H,13-14H2,1H3,(H,23,25)(H,26,27). The van der Waals surface area contributed by atoms with Crippen LogP contribution in [0, 0.1) is 0 Å². The van der Waals surface area contributed by atoms with Gasteiger partial charge in [-0.15, -0.1) is 11.8 Å². The first kappa shape index (κ1) is 19.7. The number of benzene rings is 2. The predicted octanol–water partition coefficient (Wildman–Crippen LogP) is 3.26. The third kappa shape index (κ3) is 5.01. The van der Waals surface area contributed by atoms with Crippen molar-refractivity contribution in [3.05, 3.63) is 89.5 Å². The molecule has 0 bridgehead atoms. The lowest BCUT2D eigenvalue weighted by molar-refractivity contribution is -0.119. The summed E-state index contributed by atoms with van der Waals surface area (Å²) in [6.45, 7) is 0. The summed E-state index contributed by atoms with van der Waals surface area (Å²) in [6.07, 6.45) is 3.57. The van der Waals surface area contributed by atoms with E-state index in [4.69, 9.17) is 5.11 Å². The van der Waals surface area contributed by atoms with E-state index in [1.807, 2.05) is 48.1 Å². The van der Waals surface area contributed by atoms with Gasteiger partial charge in [0.2, 0.25) is 5.91 Å². The second kappa shape index (κ2) is 9.23. The van der Waals surface area contributed by atoms with Crippen molar-refractivity contribution in [2.45, 2.75) is 11.8 Å². The highest BCUT2D eigenvalue weighted by atomic mass is 32.2. The van der Waals surface area contributed by atoms with Gasteiger partial charge in [-0.3, -0.25) is 4.79 Å². The fourth-order valence-electron chi connectivity index (χ4n) is 2.81. The van der Waals surface area contributed by atoms with Gasteiger partial charge in [-0.1, -0.05) is 42.5 Å². The summed E-state index contributed by atoms with van der Waals surface area (Å²) >= 11 is 1.48. The van der Waals surface area contributed by atoms with Crippen molar-refractivity contribution in [3.63, 3.8) is 0 Å². The molecule has 3 rings (SSSR count). The van der Waals surface area contributed by atoms with E-state index in [9.17, 15) is 9.59 Å². The van der Waals surface area contributed by atoms with Crippen LogP contribution < -0.4 is 5.32 Å². The van der Waals surface area contributed by atoms with E-state index >= 15 is 0 Å². The molecule has 0 spiro atoms. The molecule has 0 aliphatic rings. The van der Waals surface area contributed by atoms with Crippen LogP contribution in [0.5, 0.6) is 0 Å². The summed E-state index contributed by atoms with van der Waals surface area (Å²) in [5, 5.41) is 12.0. The Hall–Kier alpha value is -3.06. The van der Waals surface area contributed by atoms with E-state index in [2.05, 4.69) is 10.3 Å². The average molecular weight is 395 g/mol. The Balaban J connectivity index is 1.60. The van der Waals surface area contributed by atoms with Crippen LogP contribution in [0.2, 0.25) is 0 Å². The van der Waals surface area contributed by atoms with Crippen molar-refractivity contribution in [2.75, 3.05) is 5.75 Å². The lowest BCUT2D eigenvalue weighted by Gasteiger charge is -2.19. The van der Waals surface area contributed by atoms with E-state index < -0.39 is 5.97 Å². The molecular weight excluding hydrogens is 374 g/mol. The zero-order valence-corrected chi connectivity index (χ0v) is 16.2. The second-order valence-corrected chi connectivity index (χ2v) is 7.29. The van der Waals surface area contributed by atoms with Gasteiger partial charge < -0.3 is 15.0 Å². The van der Waals surface area contributed by atoms with Crippen molar-refractivity contribution in [1.82, 2.24) is 14.9 Å². The quantitative estimate of drug-likeness (QED) is 0.612. The summed E-state index contributed by atoms with van der Waals surface area (Å²) < 4.78 is 1.90. The molecule has 0 aliphatic heterocycles. The van der Waals surface area contributed by atoms with Crippen LogP contribution in [0.25, 0.3) is 0 Å². The Kier molecular flexibility index (Phi) is 6.49. The highest BCUT2D eigenvalue weighted by Crippen LogP contribution is 2.21. The van der Waals surface area contributed by atoms with Crippen molar-refractivity contribution in [3.8, 4) is 0 Å². The molecular formula is C21H21N3O3S. The minimum Gasteiger partial charge on any atom is -0.478 e. The first-order chi connectivity index (χ1) is 13.5. The van der Waals surface area contributed by atoms with Crippen molar-refractivity contribution >= 4 is 23.6 Å². The van der Waals surface area contributed by atoms with Crippen LogP contribution in [0.15, 0.2) is 67.0 Å². The van der Waals surface area contributed by atoms with Gasteiger partial charge in [-0.25, -0.2) is 9.78 Å². The summed E-state index contributed by atoms with van der Waals surface area (Å²) in [5.74, 6) is 0.679. The van der Waals surface area contributed by atoms with Gasteiger partial charge in [0.1, 0.15) is 11.9 Å². The fourth-order valence-corrected chi connectivity index (χ4v) is 3.60. The maximum absolute atomic E-state index is 12.5. The van der Waals surface area contributed by atoms with Crippen LogP contribution in [-0.2, 0) is 17.6 Å². The van der Waals surface area contributed by atoms with Gasteiger partial charge >= 0.3 is 5.97 Å². The van der Waals surface area contributed by atoms with E-state index in [0.29, 0.717) is 11.5 Å². The molecule has 6 nitrogen and oxygen atoms in total. The molecule has 7 heteroatoms. The molecule has 0 saturated heterocycles. The number of amides is 1. The molecule has 28 heavy (non-hydrogen) atoms. The van der Waals surface area contributed by atoms with Crippen LogP contribution in [0.1, 0.15) is 33.4 Å². The van der Waals surface area contributed by atoms with Crippen LogP contribution >= 0.6 is 11.8 Å². The van der Waals surface area contributed by atoms with E-state index in [-0.39, 0.29) is 17.5 Å². The number of carboxylic acid groups (broad SMARTS) is 1. The Labute approximate surface area is 167 Å². The van der Waals surface area contributed by atoms with Gasteiger partial charge in [0.25, 0.3) is 0 Å². The molecule has 2 N–H and O–H groups in total. The molecule has 3 aromatic rings. The molecule has 1 unspecified atom stereocenters. The first-order valence-electron chi connectivity index (χ1n) is 8.76. The highest BCUT2D eigenvalue weighted by Gasteiger charge is 2.20. The number of rotatable bonds is 8. The highest BCUT2D eigenvalue weighted by molar-refractivity contribution is 7.99. The number of aryl methyl sites for hydroxylation is 1. The molecule has 1 aromatic heterocycles. The van der Waals surface area contributed by atoms with Crippen molar-refractivity contribution < 1.29 is 14.7 Å².